The van der Waals surface area contributed by atoms with Gasteiger partial charge in [-0.2, -0.15) is 5.26 Å². The normalized spacial score (nSPS) is 11.6. The van der Waals surface area contributed by atoms with E-state index in [0.717, 1.165) is 17.0 Å². The third-order valence-electron chi connectivity index (χ3n) is 1.98. The molecule has 1 aromatic rings. The molecular weight excluding hydrogens is 176 g/mol. The highest BCUT2D eigenvalue weighted by atomic mass is 16.5. The van der Waals surface area contributed by atoms with Gasteiger partial charge in [0.15, 0.2) is 0 Å². The van der Waals surface area contributed by atoms with Crippen molar-refractivity contribution in [3.8, 4) is 11.8 Å². The minimum atomic E-state index is -0.217. The molecule has 1 atom stereocenters. The van der Waals surface area contributed by atoms with Gasteiger partial charge in [0.2, 0.25) is 0 Å². The van der Waals surface area contributed by atoms with Crippen molar-refractivity contribution in [3.63, 3.8) is 0 Å². The van der Waals surface area contributed by atoms with Crippen LogP contribution in [0.2, 0.25) is 0 Å². The van der Waals surface area contributed by atoms with Gasteiger partial charge in [0.25, 0.3) is 0 Å². The smallest absolute Gasteiger partial charge is 0.144 e. The van der Waals surface area contributed by atoms with Crippen molar-refractivity contribution < 1.29 is 4.74 Å². The summed E-state index contributed by atoms with van der Waals surface area (Å²) < 4.78 is 5.25. The molecule has 1 unspecified atom stereocenters. The molecule has 1 aromatic carbocycles. The lowest BCUT2D eigenvalue weighted by atomic mass is 10.2. The fraction of sp³-hybridized carbons (Fsp3) is 0.364. The maximum absolute atomic E-state index is 8.68. The van der Waals surface area contributed by atoms with Gasteiger partial charge in [-0.1, -0.05) is 12.1 Å². The second kappa shape index (κ2) is 4.52. The number of methoxy groups -OCH3 is 1. The molecule has 0 spiro atoms. The Balaban J connectivity index is 2.97. The number of para-hydroxylation sites is 1. The molecule has 0 saturated heterocycles. The molecule has 0 radical (unpaired) electrons. The first-order valence-electron chi connectivity index (χ1n) is 4.48. The Bertz CT molecular complexity index is 355. The predicted octanol–water partition coefficient (Wildman–Crippen LogP) is 2.33. The standard InChI is InChI=1S/C11H14N2O/c1-8-5-4-6-10(11(8)14-3)13-9(2)7-12/h4-6,9,13H,1-3H3. The summed E-state index contributed by atoms with van der Waals surface area (Å²) in [6.07, 6.45) is 0. The van der Waals surface area contributed by atoms with E-state index in [0.29, 0.717) is 0 Å². The fourth-order valence-corrected chi connectivity index (χ4v) is 1.30. The van der Waals surface area contributed by atoms with E-state index >= 15 is 0 Å². The van der Waals surface area contributed by atoms with E-state index in [2.05, 4.69) is 11.4 Å². The van der Waals surface area contributed by atoms with Crippen LogP contribution in [0.1, 0.15) is 12.5 Å². The van der Waals surface area contributed by atoms with Crippen molar-refractivity contribution in [1.82, 2.24) is 0 Å². The number of nitrogens with zero attached hydrogens (tertiary/aromatic N) is 1. The number of hydrogen-bond donors (Lipinski definition) is 1. The molecule has 0 heterocycles. The van der Waals surface area contributed by atoms with Crippen molar-refractivity contribution in [2.24, 2.45) is 0 Å². The summed E-state index contributed by atoms with van der Waals surface area (Å²) in [4.78, 5) is 0. The van der Waals surface area contributed by atoms with Gasteiger partial charge in [-0.3, -0.25) is 0 Å². The molecule has 0 amide bonds. The summed E-state index contributed by atoms with van der Waals surface area (Å²) in [7, 11) is 1.63. The molecule has 0 saturated carbocycles. The second-order valence-electron chi connectivity index (χ2n) is 3.15. The van der Waals surface area contributed by atoms with Crippen LogP contribution in [-0.4, -0.2) is 13.2 Å². The van der Waals surface area contributed by atoms with E-state index in [1.54, 1.807) is 7.11 Å². The highest BCUT2D eigenvalue weighted by Crippen LogP contribution is 2.28. The first-order valence-corrected chi connectivity index (χ1v) is 4.48. The average molecular weight is 190 g/mol. The Morgan fingerprint density at radius 1 is 1.50 bits per heavy atom. The Morgan fingerprint density at radius 3 is 2.79 bits per heavy atom. The summed E-state index contributed by atoms with van der Waals surface area (Å²) in [6.45, 7) is 3.78. The lowest BCUT2D eigenvalue weighted by Gasteiger charge is -2.14. The van der Waals surface area contributed by atoms with E-state index in [1.807, 2.05) is 32.0 Å². The predicted molar refractivity (Wildman–Crippen MR) is 56.4 cm³/mol. The zero-order chi connectivity index (χ0) is 10.6. The van der Waals surface area contributed by atoms with Crippen LogP contribution in [0.3, 0.4) is 0 Å². The zero-order valence-corrected chi connectivity index (χ0v) is 8.66. The number of nitriles is 1. The monoisotopic (exact) mass is 190 g/mol. The minimum absolute atomic E-state index is 0.217. The van der Waals surface area contributed by atoms with Gasteiger partial charge in [-0.25, -0.2) is 0 Å². The Hall–Kier alpha value is -1.69. The highest BCUT2D eigenvalue weighted by Gasteiger charge is 2.07. The summed E-state index contributed by atoms with van der Waals surface area (Å²) in [5, 5.41) is 11.7. The van der Waals surface area contributed by atoms with Crippen molar-refractivity contribution in [3.05, 3.63) is 23.8 Å². The summed E-state index contributed by atoms with van der Waals surface area (Å²) in [6, 6.07) is 7.71. The number of aryl methyl sites for hydroxylation is 1. The molecule has 74 valence electrons. The van der Waals surface area contributed by atoms with E-state index in [4.69, 9.17) is 10.00 Å². The van der Waals surface area contributed by atoms with E-state index in [1.165, 1.54) is 0 Å². The summed E-state index contributed by atoms with van der Waals surface area (Å²) in [5.41, 5.74) is 1.92. The molecule has 3 nitrogen and oxygen atoms in total. The van der Waals surface area contributed by atoms with Crippen LogP contribution in [0, 0.1) is 18.3 Å². The van der Waals surface area contributed by atoms with Gasteiger partial charge in [0.1, 0.15) is 11.8 Å². The minimum Gasteiger partial charge on any atom is -0.494 e. The van der Waals surface area contributed by atoms with Crippen LogP contribution < -0.4 is 10.1 Å². The number of anilines is 1. The van der Waals surface area contributed by atoms with Gasteiger partial charge in [0.05, 0.1) is 18.9 Å². The molecule has 0 aliphatic rings. The lowest BCUT2D eigenvalue weighted by Crippen LogP contribution is -2.12. The quantitative estimate of drug-likeness (QED) is 0.795. The Morgan fingerprint density at radius 2 is 2.21 bits per heavy atom. The first-order chi connectivity index (χ1) is 6.69. The summed E-state index contributed by atoms with van der Waals surface area (Å²) in [5.74, 6) is 0.801. The van der Waals surface area contributed by atoms with Gasteiger partial charge in [-0.15, -0.1) is 0 Å². The molecule has 3 heteroatoms. The number of benzene rings is 1. The third-order valence-corrected chi connectivity index (χ3v) is 1.98. The summed E-state index contributed by atoms with van der Waals surface area (Å²) >= 11 is 0. The van der Waals surface area contributed by atoms with Crippen LogP contribution in [0.25, 0.3) is 0 Å². The van der Waals surface area contributed by atoms with Crippen LogP contribution in [0.5, 0.6) is 5.75 Å². The SMILES string of the molecule is COc1c(C)cccc1NC(C)C#N. The molecule has 0 bridgehead atoms. The molecule has 0 aliphatic heterocycles. The van der Waals surface area contributed by atoms with Gasteiger partial charge in [-0.05, 0) is 25.5 Å². The van der Waals surface area contributed by atoms with Gasteiger partial charge < -0.3 is 10.1 Å². The topological polar surface area (TPSA) is 45.0 Å². The molecule has 1 rings (SSSR count). The first kappa shape index (κ1) is 10.4. The lowest BCUT2D eigenvalue weighted by molar-refractivity contribution is 0.413. The van der Waals surface area contributed by atoms with Crippen LogP contribution in [-0.2, 0) is 0 Å². The number of ether oxygens (including phenoxy) is 1. The van der Waals surface area contributed by atoms with Crippen molar-refractivity contribution >= 4 is 5.69 Å². The molecule has 0 aromatic heterocycles. The van der Waals surface area contributed by atoms with E-state index < -0.39 is 0 Å². The third kappa shape index (κ3) is 2.17. The molecule has 1 N–H and O–H groups in total. The Labute approximate surface area is 84.3 Å². The largest absolute Gasteiger partial charge is 0.494 e. The van der Waals surface area contributed by atoms with Crippen LogP contribution in [0.4, 0.5) is 5.69 Å². The second-order valence-corrected chi connectivity index (χ2v) is 3.15. The maximum atomic E-state index is 8.68. The number of nitrogens with one attached hydrogen (secondary N) is 1. The average Bonchev–Trinajstić information content (AvgIpc) is 2.18. The van der Waals surface area contributed by atoms with Crippen molar-refractivity contribution in [2.75, 3.05) is 12.4 Å². The van der Waals surface area contributed by atoms with Crippen LogP contribution >= 0.6 is 0 Å². The van der Waals surface area contributed by atoms with Gasteiger partial charge >= 0.3 is 0 Å². The zero-order valence-electron chi connectivity index (χ0n) is 8.66. The molecule has 14 heavy (non-hydrogen) atoms. The van der Waals surface area contributed by atoms with Crippen molar-refractivity contribution in [2.45, 2.75) is 19.9 Å². The number of rotatable bonds is 3. The van der Waals surface area contributed by atoms with E-state index in [9.17, 15) is 0 Å². The maximum Gasteiger partial charge on any atom is 0.144 e. The number of hydrogen-bond acceptors (Lipinski definition) is 3. The van der Waals surface area contributed by atoms with Gasteiger partial charge in [0, 0.05) is 0 Å². The molecule has 0 aliphatic carbocycles. The van der Waals surface area contributed by atoms with E-state index in [-0.39, 0.29) is 6.04 Å². The van der Waals surface area contributed by atoms with Crippen molar-refractivity contribution in [1.29, 1.82) is 5.26 Å². The molecular formula is C11H14N2O. The van der Waals surface area contributed by atoms with Crippen LogP contribution in [0.15, 0.2) is 18.2 Å². The fourth-order valence-electron chi connectivity index (χ4n) is 1.30. The molecule has 0 fully saturated rings. The Kier molecular flexibility index (Phi) is 3.35. The highest BCUT2D eigenvalue weighted by molar-refractivity contribution is 5.60.